The highest BCUT2D eigenvalue weighted by atomic mass is 16.5. The number of nitrogen functional groups attached to an aromatic ring is 1. The third-order valence-electron chi connectivity index (χ3n) is 2.57. The lowest BCUT2D eigenvalue weighted by Gasteiger charge is -2.09. The summed E-state index contributed by atoms with van der Waals surface area (Å²) in [6.07, 6.45) is 1.03. The van der Waals surface area contributed by atoms with Gasteiger partial charge in [-0.3, -0.25) is 14.6 Å². The Morgan fingerprint density at radius 1 is 1.35 bits per heavy atom. The van der Waals surface area contributed by atoms with Crippen molar-refractivity contribution in [1.82, 2.24) is 9.97 Å². The number of hydrogen-bond donors (Lipinski definition) is 4. The number of ether oxygens (including phenoxy) is 1. The molecule has 0 saturated heterocycles. The van der Waals surface area contributed by atoms with Crippen molar-refractivity contribution in [3.63, 3.8) is 0 Å². The first-order valence-corrected chi connectivity index (χ1v) is 5.58. The molecular formula is C12H12N4O4. The maximum absolute atomic E-state index is 11.9. The zero-order valence-corrected chi connectivity index (χ0v) is 10.5. The maximum Gasteiger partial charge on any atom is 0.325 e. The fraction of sp³-hybridized carbons (Fsp3) is 0.0833. The van der Waals surface area contributed by atoms with Crippen molar-refractivity contribution in [3.8, 4) is 5.75 Å². The van der Waals surface area contributed by atoms with Crippen molar-refractivity contribution < 1.29 is 9.53 Å². The molecule has 20 heavy (non-hydrogen) atoms. The van der Waals surface area contributed by atoms with E-state index in [2.05, 4.69) is 10.3 Å². The Kier molecular flexibility index (Phi) is 3.56. The fourth-order valence-corrected chi connectivity index (χ4v) is 1.54. The molecule has 1 aromatic heterocycles. The molecule has 1 heterocycles. The topological polar surface area (TPSA) is 130 Å². The molecule has 8 nitrogen and oxygen atoms in total. The molecule has 0 atom stereocenters. The summed E-state index contributed by atoms with van der Waals surface area (Å²) in [6.45, 7) is 0. The largest absolute Gasteiger partial charge is 0.497 e. The molecule has 8 heteroatoms. The Bertz CT molecular complexity index is 763. The lowest BCUT2D eigenvalue weighted by Crippen LogP contribution is -2.29. The number of nitrogens with two attached hydrogens (primary N) is 1. The van der Waals surface area contributed by atoms with Crippen LogP contribution in [0.2, 0.25) is 0 Å². The molecule has 0 aliphatic carbocycles. The number of aromatic nitrogens is 2. The molecule has 0 unspecified atom stereocenters. The molecule has 0 bridgehead atoms. The molecule has 0 radical (unpaired) electrons. The average Bonchev–Trinajstić information content (AvgIpc) is 2.41. The number of hydrogen-bond acceptors (Lipinski definition) is 5. The first kappa shape index (κ1) is 13.4. The standard InChI is InChI=1S/C12H12N4O4/c1-20-6-2-3-8(13)9(4-6)15-10(17)7-5-14-12(19)16-11(7)18/h2-5H,13H2,1H3,(H,15,17)(H2,14,16,18,19). The van der Waals surface area contributed by atoms with E-state index >= 15 is 0 Å². The van der Waals surface area contributed by atoms with Gasteiger partial charge in [0.05, 0.1) is 18.5 Å². The molecule has 5 N–H and O–H groups in total. The minimum absolute atomic E-state index is 0.230. The van der Waals surface area contributed by atoms with Gasteiger partial charge in [0.25, 0.3) is 11.5 Å². The second kappa shape index (κ2) is 5.31. The van der Waals surface area contributed by atoms with Crippen LogP contribution in [0, 0.1) is 0 Å². The van der Waals surface area contributed by atoms with Crippen LogP contribution in [-0.4, -0.2) is 23.0 Å². The summed E-state index contributed by atoms with van der Waals surface area (Å²) in [5.74, 6) is -0.188. The molecule has 104 valence electrons. The highest BCUT2D eigenvalue weighted by Gasteiger charge is 2.13. The van der Waals surface area contributed by atoms with E-state index in [1.165, 1.54) is 13.2 Å². The van der Waals surface area contributed by atoms with E-state index in [1.807, 2.05) is 4.98 Å². The van der Waals surface area contributed by atoms with E-state index in [0.717, 1.165) is 6.20 Å². The summed E-state index contributed by atoms with van der Waals surface area (Å²) >= 11 is 0. The van der Waals surface area contributed by atoms with Gasteiger partial charge in [-0.25, -0.2) is 4.79 Å². The van der Waals surface area contributed by atoms with Gasteiger partial charge < -0.3 is 20.8 Å². The Morgan fingerprint density at radius 3 is 2.75 bits per heavy atom. The predicted octanol–water partition coefficient (Wildman–Crippen LogP) is -0.0937. The number of H-pyrrole nitrogens is 2. The van der Waals surface area contributed by atoms with Gasteiger partial charge >= 0.3 is 5.69 Å². The van der Waals surface area contributed by atoms with E-state index in [4.69, 9.17) is 10.5 Å². The van der Waals surface area contributed by atoms with Crippen LogP contribution in [0.5, 0.6) is 5.75 Å². The molecule has 2 rings (SSSR count). The number of carbonyl (C=O) groups excluding carboxylic acids is 1. The van der Waals surface area contributed by atoms with Crippen LogP contribution in [0.3, 0.4) is 0 Å². The average molecular weight is 276 g/mol. The lowest BCUT2D eigenvalue weighted by molar-refractivity contribution is 0.102. The monoisotopic (exact) mass is 276 g/mol. The first-order chi connectivity index (χ1) is 9.51. The molecule has 1 aromatic carbocycles. The van der Waals surface area contributed by atoms with Gasteiger partial charge in [0, 0.05) is 12.3 Å². The van der Waals surface area contributed by atoms with Gasteiger partial charge in [-0.05, 0) is 12.1 Å². The number of aromatic amines is 2. The van der Waals surface area contributed by atoms with Gasteiger partial charge in [-0.2, -0.15) is 0 Å². The minimum atomic E-state index is -0.785. The number of rotatable bonds is 3. The number of carbonyl (C=O) groups is 1. The van der Waals surface area contributed by atoms with Crippen molar-refractivity contribution in [3.05, 3.63) is 50.8 Å². The van der Waals surface area contributed by atoms with Gasteiger partial charge in [-0.1, -0.05) is 0 Å². The van der Waals surface area contributed by atoms with Crippen LogP contribution >= 0.6 is 0 Å². The summed E-state index contributed by atoms with van der Waals surface area (Å²) < 4.78 is 5.01. The van der Waals surface area contributed by atoms with Crippen molar-refractivity contribution >= 4 is 17.3 Å². The van der Waals surface area contributed by atoms with Crippen LogP contribution in [0.1, 0.15) is 10.4 Å². The zero-order chi connectivity index (χ0) is 14.7. The van der Waals surface area contributed by atoms with Crippen LogP contribution in [-0.2, 0) is 0 Å². The van der Waals surface area contributed by atoms with Crippen molar-refractivity contribution in [2.75, 3.05) is 18.2 Å². The Labute approximate surface area is 112 Å². The number of benzene rings is 1. The van der Waals surface area contributed by atoms with E-state index in [-0.39, 0.29) is 5.56 Å². The van der Waals surface area contributed by atoms with Crippen molar-refractivity contribution in [1.29, 1.82) is 0 Å². The van der Waals surface area contributed by atoms with Gasteiger partial charge in [-0.15, -0.1) is 0 Å². The molecule has 0 fully saturated rings. The van der Waals surface area contributed by atoms with E-state index in [9.17, 15) is 14.4 Å². The summed E-state index contributed by atoms with van der Waals surface area (Å²) in [7, 11) is 1.48. The van der Waals surface area contributed by atoms with E-state index in [0.29, 0.717) is 17.1 Å². The van der Waals surface area contributed by atoms with Gasteiger partial charge in [0.1, 0.15) is 11.3 Å². The van der Waals surface area contributed by atoms with E-state index in [1.54, 1.807) is 12.1 Å². The first-order valence-electron chi connectivity index (χ1n) is 5.58. The summed E-state index contributed by atoms with van der Waals surface area (Å²) in [5, 5.41) is 2.48. The summed E-state index contributed by atoms with van der Waals surface area (Å²) in [4.78, 5) is 38.5. The number of methoxy groups -OCH3 is 1. The lowest BCUT2D eigenvalue weighted by atomic mass is 10.2. The molecule has 0 aliphatic rings. The minimum Gasteiger partial charge on any atom is -0.497 e. The predicted molar refractivity (Wildman–Crippen MR) is 73.0 cm³/mol. The number of nitrogens with one attached hydrogen (secondary N) is 3. The van der Waals surface area contributed by atoms with Crippen LogP contribution in [0.25, 0.3) is 0 Å². The summed E-state index contributed by atoms with van der Waals surface area (Å²) in [6, 6.07) is 4.72. The second-order valence-electron chi connectivity index (χ2n) is 3.89. The molecule has 0 saturated carbocycles. The van der Waals surface area contributed by atoms with Gasteiger partial charge in [0.15, 0.2) is 0 Å². The highest BCUT2D eigenvalue weighted by Crippen LogP contribution is 2.24. The molecule has 2 aromatic rings. The van der Waals surface area contributed by atoms with Crippen molar-refractivity contribution in [2.24, 2.45) is 0 Å². The smallest absolute Gasteiger partial charge is 0.325 e. The van der Waals surface area contributed by atoms with E-state index < -0.39 is 17.2 Å². The summed E-state index contributed by atoms with van der Waals surface area (Å²) in [5.41, 5.74) is 4.64. The third kappa shape index (κ3) is 2.69. The Balaban J connectivity index is 2.32. The zero-order valence-electron chi connectivity index (χ0n) is 10.5. The Hall–Kier alpha value is -3.03. The number of amides is 1. The van der Waals surface area contributed by atoms with Crippen LogP contribution < -0.4 is 27.0 Å². The fourth-order valence-electron chi connectivity index (χ4n) is 1.54. The van der Waals surface area contributed by atoms with Crippen LogP contribution in [0.4, 0.5) is 11.4 Å². The number of anilines is 2. The normalized spacial score (nSPS) is 10.1. The molecule has 0 aliphatic heterocycles. The molecule has 1 amide bonds. The highest BCUT2D eigenvalue weighted by molar-refractivity contribution is 6.05. The molecule has 0 spiro atoms. The Morgan fingerprint density at radius 2 is 2.10 bits per heavy atom. The second-order valence-corrected chi connectivity index (χ2v) is 3.89. The van der Waals surface area contributed by atoms with Crippen molar-refractivity contribution in [2.45, 2.75) is 0 Å². The maximum atomic E-state index is 11.9. The molecular weight excluding hydrogens is 264 g/mol. The van der Waals surface area contributed by atoms with Gasteiger partial charge in [0.2, 0.25) is 0 Å². The van der Waals surface area contributed by atoms with Crippen LogP contribution in [0.15, 0.2) is 34.0 Å². The third-order valence-corrected chi connectivity index (χ3v) is 2.57. The quantitative estimate of drug-likeness (QED) is 0.582. The SMILES string of the molecule is COc1ccc(N)c(NC(=O)c2c[nH]c(=O)[nH]c2=O)c1.